The van der Waals surface area contributed by atoms with Crippen LogP contribution in [0.3, 0.4) is 0 Å². The number of benzene rings is 3. The van der Waals surface area contributed by atoms with Gasteiger partial charge in [0.25, 0.3) is 0 Å². The number of anilines is 4. The van der Waals surface area contributed by atoms with Crippen molar-refractivity contribution >= 4 is 34.4 Å². The topological polar surface area (TPSA) is 84.0 Å². The Bertz CT molecular complexity index is 1700. The maximum absolute atomic E-state index is 14.2. The van der Waals surface area contributed by atoms with Gasteiger partial charge in [-0.1, -0.05) is 42.5 Å². The number of carbonyl (C=O) groups excluding carboxylic acids is 2. The molecule has 3 aromatic carbocycles. The predicted molar refractivity (Wildman–Crippen MR) is 150 cm³/mol. The van der Waals surface area contributed by atoms with Crippen molar-refractivity contribution in [1.29, 1.82) is 0 Å². The monoisotopic (exact) mass is 496 g/mol. The van der Waals surface area contributed by atoms with Crippen molar-refractivity contribution in [2.24, 2.45) is 0 Å². The lowest BCUT2D eigenvalue weighted by Gasteiger charge is -2.26. The summed E-state index contributed by atoms with van der Waals surface area (Å²) in [6, 6.07) is 28.2. The largest absolute Gasteiger partial charge is 0.352 e. The molecule has 0 amide bonds. The van der Waals surface area contributed by atoms with Gasteiger partial charge in [-0.15, -0.1) is 0 Å². The number of hydrogen-bond donors (Lipinski definition) is 2. The van der Waals surface area contributed by atoms with Gasteiger partial charge >= 0.3 is 0 Å². The number of aryl methyl sites for hydroxylation is 2. The number of ketones is 2. The molecule has 6 nitrogen and oxygen atoms in total. The van der Waals surface area contributed by atoms with Crippen LogP contribution in [0.4, 0.5) is 22.9 Å². The number of rotatable bonds is 5. The number of nitrogens with zero attached hydrogens (tertiary/aromatic N) is 2. The minimum atomic E-state index is -0.242. The van der Waals surface area contributed by atoms with E-state index in [9.17, 15) is 9.59 Å². The zero-order valence-corrected chi connectivity index (χ0v) is 20.9. The number of fused-ring (bicyclic) bond motifs is 2. The Labute approximate surface area is 220 Å². The van der Waals surface area contributed by atoms with E-state index < -0.39 is 0 Å². The summed E-state index contributed by atoms with van der Waals surface area (Å²) in [6.07, 6.45) is 1.65. The van der Waals surface area contributed by atoms with Crippen LogP contribution in [0.1, 0.15) is 43.0 Å². The van der Waals surface area contributed by atoms with E-state index >= 15 is 0 Å². The smallest absolute Gasteiger partial charge is 0.196 e. The number of carbonyl (C=O) groups is 2. The Morgan fingerprint density at radius 2 is 1.18 bits per heavy atom. The molecule has 0 aliphatic heterocycles. The second kappa shape index (κ2) is 9.41. The molecule has 0 spiro atoms. The first kappa shape index (κ1) is 23.3. The summed E-state index contributed by atoms with van der Waals surface area (Å²) in [5, 5.41) is 6.76. The van der Waals surface area contributed by atoms with E-state index in [-0.39, 0.29) is 22.7 Å². The third-order valence-electron chi connectivity index (χ3n) is 6.76. The minimum Gasteiger partial charge on any atom is -0.352 e. The van der Waals surface area contributed by atoms with E-state index in [2.05, 4.69) is 15.6 Å². The zero-order chi connectivity index (χ0) is 26.2. The molecule has 0 atom stereocenters. The summed E-state index contributed by atoms with van der Waals surface area (Å²) in [5.41, 5.74) is 6.10. The Balaban J connectivity index is 1.67. The quantitative estimate of drug-likeness (QED) is 0.267. The van der Waals surface area contributed by atoms with Crippen LogP contribution in [-0.4, -0.2) is 21.5 Å². The van der Waals surface area contributed by atoms with Crippen molar-refractivity contribution in [2.45, 2.75) is 13.8 Å². The van der Waals surface area contributed by atoms with Crippen LogP contribution in [0, 0.1) is 13.8 Å². The number of pyridine rings is 2. The molecular weight excluding hydrogens is 472 g/mol. The van der Waals surface area contributed by atoms with Crippen molar-refractivity contribution in [3.63, 3.8) is 0 Å². The van der Waals surface area contributed by atoms with E-state index in [1.54, 1.807) is 24.4 Å². The van der Waals surface area contributed by atoms with E-state index in [0.29, 0.717) is 34.0 Å². The first-order valence-corrected chi connectivity index (χ1v) is 12.4. The Morgan fingerprint density at radius 1 is 0.632 bits per heavy atom. The van der Waals surface area contributed by atoms with Crippen molar-refractivity contribution < 1.29 is 9.59 Å². The third kappa shape index (κ3) is 4.02. The lowest BCUT2D eigenvalue weighted by atomic mass is 9.80. The maximum Gasteiger partial charge on any atom is 0.196 e. The molecule has 0 fully saturated rings. The normalized spacial score (nSPS) is 12.1. The molecule has 0 radical (unpaired) electrons. The number of aromatic nitrogens is 2. The van der Waals surface area contributed by atoms with Gasteiger partial charge in [-0.3, -0.25) is 14.6 Å². The van der Waals surface area contributed by atoms with Crippen LogP contribution in [0.2, 0.25) is 0 Å². The SMILES string of the molecule is Cc1cc2c(cc1C)C(=O)c1c(Nc3ccccc3)c(Nc3ccccc3)nc(-c3ccccn3)c1C2=O. The van der Waals surface area contributed by atoms with Gasteiger partial charge in [-0.25, -0.2) is 4.98 Å². The Hall–Kier alpha value is -5.10. The van der Waals surface area contributed by atoms with Gasteiger partial charge in [0.2, 0.25) is 0 Å². The first-order valence-electron chi connectivity index (χ1n) is 12.4. The number of para-hydroxylation sites is 2. The van der Waals surface area contributed by atoms with E-state index in [1.807, 2.05) is 86.6 Å². The summed E-state index contributed by atoms with van der Waals surface area (Å²) < 4.78 is 0. The molecule has 6 rings (SSSR count). The van der Waals surface area contributed by atoms with E-state index in [0.717, 1.165) is 22.5 Å². The van der Waals surface area contributed by atoms with Crippen molar-refractivity contribution in [3.8, 4) is 11.4 Å². The summed E-state index contributed by atoms with van der Waals surface area (Å²) in [7, 11) is 0. The molecule has 2 heterocycles. The molecule has 2 N–H and O–H groups in total. The second-order valence-electron chi connectivity index (χ2n) is 9.27. The molecule has 1 aliphatic rings. The lowest BCUT2D eigenvalue weighted by molar-refractivity contribution is 0.0979. The average Bonchev–Trinajstić information content (AvgIpc) is 2.95. The summed E-state index contributed by atoms with van der Waals surface area (Å²) in [4.78, 5) is 37.8. The molecule has 0 saturated carbocycles. The zero-order valence-electron chi connectivity index (χ0n) is 20.9. The van der Waals surface area contributed by atoms with Crippen LogP contribution < -0.4 is 10.6 Å². The molecule has 0 saturated heterocycles. The van der Waals surface area contributed by atoms with Gasteiger partial charge in [-0.05, 0) is 73.5 Å². The molecule has 2 aromatic heterocycles. The standard InChI is InChI=1S/C32H24N4O2/c1-19-17-23-24(18-20(19)2)31(38)27-26(30(23)37)28(25-15-9-10-16-33-25)36-32(35-22-13-7-4-8-14-22)29(27)34-21-11-5-3-6-12-21/h3-18,34H,1-2H3,(H,35,36). The highest BCUT2D eigenvalue weighted by molar-refractivity contribution is 6.32. The van der Waals surface area contributed by atoms with Gasteiger partial charge in [0.1, 0.15) is 5.69 Å². The Kier molecular flexibility index (Phi) is 5.77. The highest BCUT2D eigenvalue weighted by Gasteiger charge is 2.37. The summed E-state index contributed by atoms with van der Waals surface area (Å²) >= 11 is 0. The van der Waals surface area contributed by atoms with Crippen LogP contribution >= 0.6 is 0 Å². The maximum atomic E-state index is 14.2. The van der Waals surface area contributed by atoms with Crippen LogP contribution in [0.15, 0.2) is 97.2 Å². The predicted octanol–water partition coefficient (Wildman–Crippen LogP) is 7.02. The second-order valence-corrected chi connectivity index (χ2v) is 9.27. The fraction of sp³-hybridized carbons (Fsp3) is 0.0625. The van der Waals surface area contributed by atoms with Crippen LogP contribution in [0.25, 0.3) is 11.4 Å². The number of nitrogens with one attached hydrogen (secondary N) is 2. The molecule has 184 valence electrons. The fourth-order valence-electron chi connectivity index (χ4n) is 4.72. The molecule has 38 heavy (non-hydrogen) atoms. The average molecular weight is 497 g/mol. The molecule has 0 unspecified atom stereocenters. The van der Waals surface area contributed by atoms with Crippen molar-refractivity contribution in [2.75, 3.05) is 10.6 Å². The van der Waals surface area contributed by atoms with E-state index in [1.165, 1.54) is 0 Å². The van der Waals surface area contributed by atoms with Gasteiger partial charge < -0.3 is 10.6 Å². The summed E-state index contributed by atoms with van der Waals surface area (Å²) in [6.45, 7) is 3.89. The van der Waals surface area contributed by atoms with Crippen LogP contribution in [0.5, 0.6) is 0 Å². The van der Waals surface area contributed by atoms with Crippen molar-refractivity contribution in [3.05, 3.63) is 131 Å². The molecule has 1 aliphatic carbocycles. The van der Waals surface area contributed by atoms with Crippen LogP contribution in [-0.2, 0) is 0 Å². The van der Waals surface area contributed by atoms with Crippen molar-refractivity contribution in [1.82, 2.24) is 9.97 Å². The highest BCUT2D eigenvalue weighted by atomic mass is 16.1. The highest BCUT2D eigenvalue weighted by Crippen LogP contribution is 2.42. The molecule has 6 heteroatoms. The Morgan fingerprint density at radius 3 is 1.76 bits per heavy atom. The molecule has 0 bridgehead atoms. The van der Waals surface area contributed by atoms with Gasteiger partial charge in [-0.2, -0.15) is 0 Å². The fourth-order valence-corrected chi connectivity index (χ4v) is 4.72. The minimum absolute atomic E-state index is 0.230. The first-order chi connectivity index (χ1) is 18.5. The van der Waals surface area contributed by atoms with Gasteiger partial charge in [0, 0.05) is 28.7 Å². The van der Waals surface area contributed by atoms with E-state index in [4.69, 9.17) is 4.98 Å². The van der Waals surface area contributed by atoms with Gasteiger partial charge in [0.15, 0.2) is 17.4 Å². The molecule has 5 aromatic rings. The number of hydrogen-bond acceptors (Lipinski definition) is 6. The third-order valence-corrected chi connectivity index (χ3v) is 6.76. The summed E-state index contributed by atoms with van der Waals surface area (Å²) in [5.74, 6) is -0.0482. The van der Waals surface area contributed by atoms with Gasteiger partial charge in [0.05, 0.1) is 22.5 Å². The lowest BCUT2D eigenvalue weighted by Crippen LogP contribution is -2.25. The molecular formula is C32H24N4O2.